The van der Waals surface area contributed by atoms with Crippen molar-refractivity contribution in [2.45, 2.75) is 56.4 Å². The molecule has 0 aliphatic rings. The number of carbonyl (C=O) groups excluding carboxylic acids is 1. The summed E-state index contributed by atoms with van der Waals surface area (Å²) in [5, 5.41) is 6.05. The molecule has 0 rings (SSSR count). The van der Waals surface area contributed by atoms with Gasteiger partial charge < -0.3 is 15.5 Å². The van der Waals surface area contributed by atoms with Crippen molar-refractivity contribution in [2.24, 2.45) is 0 Å². The molecule has 0 heterocycles. The fourth-order valence-electron chi connectivity index (χ4n) is 1.69. The molecule has 0 aliphatic carbocycles. The van der Waals surface area contributed by atoms with E-state index in [-0.39, 0.29) is 5.91 Å². The molecule has 21 heavy (non-hydrogen) atoms. The molecule has 0 aliphatic heterocycles. The number of unbranched alkanes of at least 4 members (excludes halogenated alkanes) is 2. The van der Waals surface area contributed by atoms with Gasteiger partial charge in [0.2, 0.25) is 9.70 Å². The third kappa shape index (κ3) is 8.91. The summed E-state index contributed by atoms with van der Waals surface area (Å²) >= 11 is 23.0. The third-order valence-corrected chi connectivity index (χ3v) is 3.99. The molecule has 1 atom stereocenters. The second kappa shape index (κ2) is 10.7. The topological polar surface area (TPSA) is 44.4 Å². The summed E-state index contributed by atoms with van der Waals surface area (Å²) in [7, 11) is 0. The Morgan fingerprint density at radius 1 is 1.14 bits per heavy atom. The van der Waals surface area contributed by atoms with Crippen LogP contribution >= 0.6 is 47.0 Å². The molecular weight excluding hydrogens is 353 g/mol. The maximum Gasteiger partial charge on any atom is 0.228 e. The van der Waals surface area contributed by atoms with Crippen LogP contribution in [0.3, 0.4) is 0 Å². The van der Waals surface area contributed by atoms with Crippen LogP contribution < -0.4 is 10.6 Å². The molecule has 0 bridgehead atoms. The number of nitrogens with zero attached hydrogens (tertiary/aromatic N) is 1. The standard InChI is InChI=1S/C13H24Cl3N3OS/c1-4-7-8-9-10(20)17-11(13(14,15)16)18-12(21)19(5-2)6-3/h11H,4-9H2,1-3H3,(H,17,20)(H,18,21). The minimum Gasteiger partial charge on any atom is -0.350 e. The van der Waals surface area contributed by atoms with E-state index in [0.717, 1.165) is 32.4 Å². The summed E-state index contributed by atoms with van der Waals surface area (Å²) in [6, 6.07) is 0. The molecule has 124 valence electrons. The Hall–Kier alpha value is 0.0300. The Bertz CT molecular complexity index is 333. The molecule has 0 aromatic carbocycles. The Kier molecular flexibility index (Phi) is 10.7. The zero-order valence-electron chi connectivity index (χ0n) is 12.7. The van der Waals surface area contributed by atoms with Crippen LogP contribution in [-0.2, 0) is 4.79 Å². The van der Waals surface area contributed by atoms with E-state index in [2.05, 4.69) is 17.6 Å². The summed E-state index contributed by atoms with van der Waals surface area (Å²) in [6.45, 7) is 7.50. The molecule has 1 amide bonds. The van der Waals surface area contributed by atoms with Gasteiger partial charge in [0.15, 0.2) is 5.11 Å². The number of hydrogen-bond donors (Lipinski definition) is 2. The molecule has 0 radical (unpaired) electrons. The summed E-state index contributed by atoms with van der Waals surface area (Å²) in [5.74, 6) is -0.158. The Morgan fingerprint density at radius 2 is 1.71 bits per heavy atom. The van der Waals surface area contributed by atoms with Crippen LogP contribution in [-0.4, -0.2) is 39.0 Å². The van der Waals surface area contributed by atoms with Crippen molar-refractivity contribution in [1.82, 2.24) is 15.5 Å². The SMILES string of the molecule is CCCCCC(=O)NC(NC(=S)N(CC)CC)C(Cl)(Cl)Cl. The average Bonchev–Trinajstić information content (AvgIpc) is 2.38. The van der Waals surface area contributed by atoms with Crippen LogP contribution in [0.25, 0.3) is 0 Å². The van der Waals surface area contributed by atoms with Gasteiger partial charge in [0.1, 0.15) is 6.17 Å². The lowest BCUT2D eigenvalue weighted by Gasteiger charge is -2.31. The normalized spacial score (nSPS) is 12.7. The number of amides is 1. The van der Waals surface area contributed by atoms with Crippen LogP contribution in [0.4, 0.5) is 0 Å². The lowest BCUT2D eigenvalue weighted by atomic mass is 10.2. The molecule has 0 aromatic rings. The molecule has 0 spiro atoms. The Balaban J connectivity index is 4.60. The average molecular weight is 377 g/mol. The number of alkyl halides is 3. The van der Waals surface area contributed by atoms with Gasteiger partial charge in [-0.1, -0.05) is 54.6 Å². The van der Waals surface area contributed by atoms with Gasteiger partial charge in [0.05, 0.1) is 0 Å². The highest BCUT2D eigenvalue weighted by atomic mass is 35.6. The van der Waals surface area contributed by atoms with E-state index in [1.165, 1.54) is 0 Å². The van der Waals surface area contributed by atoms with Crippen molar-refractivity contribution >= 4 is 58.0 Å². The summed E-state index contributed by atoms with van der Waals surface area (Å²) in [5.41, 5.74) is 0. The predicted molar refractivity (Wildman–Crippen MR) is 95.0 cm³/mol. The minimum atomic E-state index is -1.68. The summed E-state index contributed by atoms with van der Waals surface area (Å²) in [4.78, 5) is 13.8. The van der Waals surface area contributed by atoms with Gasteiger partial charge in [-0.05, 0) is 32.5 Å². The highest BCUT2D eigenvalue weighted by Crippen LogP contribution is 2.29. The lowest BCUT2D eigenvalue weighted by Crippen LogP contribution is -2.57. The largest absolute Gasteiger partial charge is 0.350 e. The van der Waals surface area contributed by atoms with Gasteiger partial charge in [0.25, 0.3) is 0 Å². The third-order valence-electron chi connectivity index (χ3n) is 2.96. The first-order valence-corrected chi connectivity index (χ1v) is 8.71. The molecule has 0 saturated carbocycles. The van der Waals surface area contributed by atoms with Crippen LogP contribution in [0, 0.1) is 0 Å². The van der Waals surface area contributed by atoms with E-state index < -0.39 is 9.96 Å². The maximum absolute atomic E-state index is 11.9. The van der Waals surface area contributed by atoms with Crippen molar-refractivity contribution in [3.8, 4) is 0 Å². The van der Waals surface area contributed by atoms with E-state index in [1.807, 2.05) is 18.7 Å². The minimum absolute atomic E-state index is 0.158. The van der Waals surface area contributed by atoms with Crippen molar-refractivity contribution in [1.29, 1.82) is 0 Å². The fraction of sp³-hybridized carbons (Fsp3) is 0.846. The zero-order valence-corrected chi connectivity index (χ0v) is 15.8. The predicted octanol–water partition coefficient (Wildman–Crippen LogP) is 3.60. The molecule has 1 unspecified atom stereocenters. The Morgan fingerprint density at radius 3 is 2.14 bits per heavy atom. The van der Waals surface area contributed by atoms with Gasteiger partial charge in [-0.15, -0.1) is 0 Å². The smallest absolute Gasteiger partial charge is 0.228 e. The Labute approximate surface area is 147 Å². The van der Waals surface area contributed by atoms with Gasteiger partial charge >= 0.3 is 0 Å². The number of nitrogens with one attached hydrogen (secondary N) is 2. The molecule has 0 saturated heterocycles. The second-order valence-corrected chi connectivity index (χ2v) is 7.38. The molecular formula is C13H24Cl3N3OS. The second-order valence-electron chi connectivity index (χ2n) is 4.62. The fourth-order valence-corrected chi connectivity index (χ4v) is 2.40. The first kappa shape index (κ1) is 21.0. The van der Waals surface area contributed by atoms with Gasteiger partial charge in [-0.3, -0.25) is 4.79 Å². The first-order chi connectivity index (χ1) is 9.76. The highest BCUT2D eigenvalue weighted by molar-refractivity contribution is 7.80. The van der Waals surface area contributed by atoms with E-state index in [1.54, 1.807) is 0 Å². The maximum atomic E-state index is 11.9. The number of thiocarbonyl (C=S) groups is 1. The molecule has 0 fully saturated rings. The summed E-state index contributed by atoms with van der Waals surface area (Å²) < 4.78 is -1.68. The summed E-state index contributed by atoms with van der Waals surface area (Å²) in [6.07, 6.45) is 2.41. The zero-order chi connectivity index (χ0) is 16.5. The van der Waals surface area contributed by atoms with E-state index >= 15 is 0 Å². The van der Waals surface area contributed by atoms with Crippen molar-refractivity contribution < 1.29 is 4.79 Å². The lowest BCUT2D eigenvalue weighted by molar-refractivity contribution is -0.122. The van der Waals surface area contributed by atoms with Crippen LogP contribution in [0.5, 0.6) is 0 Å². The van der Waals surface area contributed by atoms with Gasteiger partial charge in [-0.2, -0.15) is 0 Å². The number of halogens is 3. The van der Waals surface area contributed by atoms with Crippen LogP contribution in [0.15, 0.2) is 0 Å². The van der Waals surface area contributed by atoms with Gasteiger partial charge in [-0.25, -0.2) is 0 Å². The van der Waals surface area contributed by atoms with Crippen molar-refractivity contribution in [3.63, 3.8) is 0 Å². The molecule has 8 heteroatoms. The molecule has 4 nitrogen and oxygen atoms in total. The molecule has 2 N–H and O–H groups in total. The van der Waals surface area contributed by atoms with Crippen molar-refractivity contribution in [2.75, 3.05) is 13.1 Å². The van der Waals surface area contributed by atoms with Crippen molar-refractivity contribution in [3.05, 3.63) is 0 Å². The highest BCUT2D eigenvalue weighted by Gasteiger charge is 2.34. The van der Waals surface area contributed by atoms with E-state index in [0.29, 0.717) is 11.5 Å². The number of carbonyl (C=O) groups is 1. The quantitative estimate of drug-likeness (QED) is 0.294. The van der Waals surface area contributed by atoms with Crippen LogP contribution in [0.1, 0.15) is 46.5 Å². The van der Waals surface area contributed by atoms with E-state index in [9.17, 15) is 4.79 Å². The monoisotopic (exact) mass is 375 g/mol. The first-order valence-electron chi connectivity index (χ1n) is 7.17. The number of rotatable bonds is 8. The number of hydrogen-bond acceptors (Lipinski definition) is 2. The van der Waals surface area contributed by atoms with Gasteiger partial charge in [0, 0.05) is 19.5 Å². The van der Waals surface area contributed by atoms with Crippen LogP contribution in [0.2, 0.25) is 0 Å². The molecule has 0 aromatic heterocycles. The van der Waals surface area contributed by atoms with E-state index in [4.69, 9.17) is 47.0 Å².